The minimum Gasteiger partial charge on any atom is -0.478 e. The molecule has 0 amide bonds. The van der Waals surface area contributed by atoms with Crippen molar-refractivity contribution in [3.63, 3.8) is 0 Å². The maximum atomic E-state index is 9.97. The molecule has 0 radical (unpaired) electrons. The van der Waals surface area contributed by atoms with Crippen LogP contribution in [0.4, 0.5) is 0 Å². The summed E-state index contributed by atoms with van der Waals surface area (Å²) in [5, 5.41) is 16.2. The molecule has 2 N–H and O–H groups in total. The Balaban J connectivity index is 4.03. The minimum absolute atomic E-state index is 0.248. The fraction of sp³-hybridized carbons (Fsp3) is 0. The second-order valence-corrected chi connectivity index (χ2v) is 1.50. The molecular formula is C6H6O4. The van der Waals surface area contributed by atoms with Crippen molar-refractivity contribution in [2.45, 2.75) is 0 Å². The molecule has 0 aromatic carbocycles. The molecule has 0 aromatic rings. The van der Waals surface area contributed by atoms with E-state index in [2.05, 4.69) is 6.58 Å². The monoisotopic (exact) mass is 142 g/mol. The summed E-state index contributed by atoms with van der Waals surface area (Å²) in [4.78, 5) is 19.8. The molecule has 0 heterocycles. The molecule has 0 spiro atoms. The van der Waals surface area contributed by atoms with Crippen molar-refractivity contribution in [2.75, 3.05) is 0 Å². The van der Waals surface area contributed by atoms with E-state index in [4.69, 9.17) is 10.2 Å². The zero-order chi connectivity index (χ0) is 8.15. The Morgan fingerprint density at radius 2 is 1.70 bits per heavy atom. The third-order valence-corrected chi connectivity index (χ3v) is 0.702. The summed E-state index contributed by atoms with van der Waals surface area (Å²) >= 11 is 0. The molecule has 0 rings (SSSR count). The number of carboxylic acids is 2. The van der Waals surface area contributed by atoms with E-state index in [1.54, 1.807) is 0 Å². The lowest BCUT2D eigenvalue weighted by molar-refractivity contribution is -0.132. The van der Waals surface area contributed by atoms with E-state index in [9.17, 15) is 9.59 Å². The first-order valence-electron chi connectivity index (χ1n) is 2.37. The predicted octanol–water partition coefficient (Wildman–Crippen LogP) is 0.268. The van der Waals surface area contributed by atoms with Crippen molar-refractivity contribution in [1.29, 1.82) is 0 Å². The van der Waals surface area contributed by atoms with E-state index >= 15 is 0 Å². The van der Waals surface area contributed by atoms with Crippen molar-refractivity contribution < 1.29 is 19.8 Å². The van der Waals surface area contributed by atoms with Gasteiger partial charge in [-0.1, -0.05) is 6.58 Å². The second kappa shape index (κ2) is 3.45. The van der Waals surface area contributed by atoms with E-state index in [1.807, 2.05) is 0 Å². The van der Waals surface area contributed by atoms with Crippen LogP contribution in [0.2, 0.25) is 0 Å². The molecule has 0 aliphatic carbocycles. The van der Waals surface area contributed by atoms with Crippen LogP contribution in [0, 0.1) is 0 Å². The van der Waals surface area contributed by atoms with Gasteiger partial charge in [-0.05, 0) is 6.08 Å². The van der Waals surface area contributed by atoms with Gasteiger partial charge in [-0.25, -0.2) is 9.59 Å². The molecule has 0 unspecified atom stereocenters. The van der Waals surface area contributed by atoms with Gasteiger partial charge >= 0.3 is 11.9 Å². The first kappa shape index (κ1) is 8.42. The summed E-state index contributed by atoms with van der Waals surface area (Å²) in [6.45, 7) is 3.08. The van der Waals surface area contributed by atoms with Crippen molar-refractivity contribution >= 4 is 11.9 Å². The third-order valence-electron chi connectivity index (χ3n) is 0.702. The highest BCUT2D eigenvalue weighted by Crippen LogP contribution is 1.90. The second-order valence-electron chi connectivity index (χ2n) is 1.50. The lowest BCUT2D eigenvalue weighted by atomic mass is 10.3. The van der Waals surface area contributed by atoms with Crippen LogP contribution >= 0.6 is 0 Å². The molecule has 0 atom stereocenters. The van der Waals surface area contributed by atoms with Crippen molar-refractivity contribution in [3.05, 3.63) is 24.3 Å². The van der Waals surface area contributed by atoms with Gasteiger partial charge < -0.3 is 10.2 Å². The number of carbonyl (C=O) groups is 2. The molecule has 54 valence electrons. The van der Waals surface area contributed by atoms with Crippen LogP contribution in [0.25, 0.3) is 0 Å². The number of rotatable bonds is 3. The Morgan fingerprint density at radius 3 is 2.00 bits per heavy atom. The first-order valence-corrected chi connectivity index (χ1v) is 2.37. The smallest absolute Gasteiger partial charge is 0.335 e. The molecule has 0 fully saturated rings. The highest BCUT2D eigenvalue weighted by atomic mass is 16.4. The quantitative estimate of drug-likeness (QED) is 0.438. The van der Waals surface area contributed by atoms with Gasteiger partial charge in [-0.2, -0.15) is 0 Å². The summed E-state index contributed by atoms with van der Waals surface area (Å²) in [6.07, 6.45) is 1.64. The van der Waals surface area contributed by atoms with Gasteiger partial charge in [-0.15, -0.1) is 0 Å². The lowest BCUT2D eigenvalue weighted by Crippen LogP contribution is -1.96. The minimum atomic E-state index is -1.22. The van der Waals surface area contributed by atoms with Gasteiger partial charge in [0, 0.05) is 6.08 Å². The molecule has 0 bridgehead atoms. The molecule has 0 aromatic heterocycles. The van der Waals surface area contributed by atoms with Gasteiger partial charge in [0.2, 0.25) is 0 Å². The SMILES string of the molecule is C=C(/C=C/C(=O)O)C(=O)O. The van der Waals surface area contributed by atoms with Crippen LogP contribution < -0.4 is 0 Å². The average Bonchev–Trinajstić information content (AvgIpc) is 1.82. The van der Waals surface area contributed by atoms with E-state index < -0.39 is 11.9 Å². The number of aliphatic carboxylic acids is 2. The van der Waals surface area contributed by atoms with E-state index in [0.717, 1.165) is 12.2 Å². The highest BCUT2D eigenvalue weighted by Gasteiger charge is 1.97. The van der Waals surface area contributed by atoms with Crippen LogP contribution in [0.5, 0.6) is 0 Å². The van der Waals surface area contributed by atoms with Crippen molar-refractivity contribution in [1.82, 2.24) is 0 Å². The van der Waals surface area contributed by atoms with Gasteiger partial charge in [0.1, 0.15) is 0 Å². The van der Waals surface area contributed by atoms with Gasteiger partial charge in [0.25, 0.3) is 0 Å². The van der Waals surface area contributed by atoms with E-state index in [0.29, 0.717) is 0 Å². The van der Waals surface area contributed by atoms with Crippen LogP contribution in [-0.2, 0) is 9.59 Å². The lowest BCUT2D eigenvalue weighted by Gasteiger charge is -1.85. The van der Waals surface area contributed by atoms with Crippen LogP contribution in [-0.4, -0.2) is 22.2 Å². The van der Waals surface area contributed by atoms with Crippen molar-refractivity contribution in [2.24, 2.45) is 0 Å². The Kier molecular flexibility index (Phi) is 2.90. The highest BCUT2D eigenvalue weighted by molar-refractivity contribution is 5.91. The predicted molar refractivity (Wildman–Crippen MR) is 33.6 cm³/mol. The Bertz CT molecular complexity index is 202. The number of hydrogen-bond acceptors (Lipinski definition) is 2. The van der Waals surface area contributed by atoms with Crippen LogP contribution in [0.15, 0.2) is 24.3 Å². The molecule has 10 heavy (non-hydrogen) atoms. The summed E-state index contributed by atoms with van der Waals surface area (Å²) in [5.41, 5.74) is -0.248. The summed E-state index contributed by atoms with van der Waals surface area (Å²) in [6, 6.07) is 0. The summed E-state index contributed by atoms with van der Waals surface area (Å²) in [5.74, 6) is -2.42. The van der Waals surface area contributed by atoms with E-state index in [-0.39, 0.29) is 5.57 Å². The Morgan fingerprint density at radius 1 is 1.20 bits per heavy atom. The van der Waals surface area contributed by atoms with Crippen LogP contribution in [0.1, 0.15) is 0 Å². The molecule has 4 heteroatoms. The Labute approximate surface area is 57.1 Å². The standard InChI is InChI=1S/C6H6O4/c1-4(6(9)10)2-3-5(7)8/h2-3H,1H2,(H,7,8)(H,9,10)/b3-2+. The van der Waals surface area contributed by atoms with E-state index in [1.165, 1.54) is 0 Å². The van der Waals surface area contributed by atoms with Gasteiger partial charge in [0.15, 0.2) is 0 Å². The van der Waals surface area contributed by atoms with Gasteiger partial charge in [0.05, 0.1) is 5.57 Å². The first-order chi connectivity index (χ1) is 4.54. The summed E-state index contributed by atoms with van der Waals surface area (Å²) < 4.78 is 0. The Hall–Kier alpha value is -1.58. The molecular weight excluding hydrogens is 136 g/mol. The zero-order valence-electron chi connectivity index (χ0n) is 5.07. The fourth-order valence-electron chi connectivity index (χ4n) is 0.243. The molecule has 0 aliphatic rings. The average molecular weight is 142 g/mol. The number of hydrogen-bond donors (Lipinski definition) is 2. The zero-order valence-corrected chi connectivity index (χ0v) is 5.07. The third kappa shape index (κ3) is 3.43. The molecule has 4 nitrogen and oxygen atoms in total. The van der Waals surface area contributed by atoms with Gasteiger partial charge in [-0.3, -0.25) is 0 Å². The van der Waals surface area contributed by atoms with Crippen LogP contribution in [0.3, 0.4) is 0 Å². The normalized spacial score (nSPS) is 9.60. The van der Waals surface area contributed by atoms with Crippen molar-refractivity contribution in [3.8, 4) is 0 Å². The topological polar surface area (TPSA) is 74.6 Å². The molecule has 0 aliphatic heterocycles. The molecule has 0 saturated carbocycles. The maximum absolute atomic E-state index is 9.97. The fourth-order valence-corrected chi connectivity index (χ4v) is 0.243. The molecule has 0 saturated heterocycles. The summed E-state index contributed by atoms with van der Waals surface area (Å²) in [7, 11) is 0. The largest absolute Gasteiger partial charge is 0.478 e. The number of carboxylic acid groups (broad SMARTS) is 2. The maximum Gasteiger partial charge on any atom is 0.335 e.